The molecule has 0 saturated carbocycles. The Morgan fingerprint density at radius 3 is 2.57 bits per heavy atom. The molecule has 1 N–H and O–H groups in total. The van der Waals surface area contributed by atoms with E-state index in [1.165, 1.54) is 6.07 Å². The highest BCUT2D eigenvalue weighted by atomic mass is 16.4. The Labute approximate surface area is 124 Å². The third kappa shape index (κ3) is 3.65. The Balaban J connectivity index is 2.04. The summed E-state index contributed by atoms with van der Waals surface area (Å²) in [5.41, 5.74) is 0.265. The Kier molecular flexibility index (Phi) is 4.40. The number of carboxylic acid groups (broad SMARTS) is 1. The van der Waals surface area contributed by atoms with E-state index in [1.54, 1.807) is 4.90 Å². The average Bonchev–Trinajstić information content (AvgIpc) is 2.74. The molecule has 1 aliphatic rings. The van der Waals surface area contributed by atoms with Crippen molar-refractivity contribution in [3.8, 4) is 0 Å². The highest BCUT2D eigenvalue weighted by Crippen LogP contribution is 2.34. The number of hydrogen-bond acceptors (Lipinski definition) is 3. The predicted octanol–water partition coefficient (Wildman–Crippen LogP) is 3.27. The first kappa shape index (κ1) is 15.6. The van der Waals surface area contributed by atoms with Gasteiger partial charge < -0.3 is 14.4 Å². The van der Waals surface area contributed by atoms with Crippen LogP contribution in [0.25, 0.3) is 0 Å². The first-order valence-electron chi connectivity index (χ1n) is 7.40. The number of likely N-dealkylation sites (tertiary alicyclic amines) is 1. The molecular weight excluding hydrogens is 270 g/mol. The molecule has 1 saturated heterocycles. The van der Waals surface area contributed by atoms with Crippen LogP contribution in [0.3, 0.4) is 0 Å². The van der Waals surface area contributed by atoms with Gasteiger partial charge in [0.2, 0.25) is 0 Å². The van der Waals surface area contributed by atoms with Crippen molar-refractivity contribution in [2.75, 3.05) is 13.1 Å². The molecule has 1 aromatic rings. The lowest BCUT2D eigenvalue weighted by Gasteiger charge is -2.29. The summed E-state index contributed by atoms with van der Waals surface area (Å²) in [6.45, 7) is 8.11. The molecule has 1 aromatic heterocycles. The van der Waals surface area contributed by atoms with Crippen LogP contribution in [-0.2, 0) is 0 Å². The Bertz CT molecular complexity index is 527. The van der Waals surface area contributed by atoms with Gasteiger partial charge in [0.05, 0.1) is 5.56 Å². The zero-order valence-electron chi connectivity index (χ0n) is 12.9. The van der Waals surface area contributed by atoms with Crippen LogP contribution in [0.2, 0.25) is 0 Å². The van der Waals surface area contributed by atoms with E-state index in [-0.39, 0.29) is 22.6 Å². The van der Waals surface area contributed by atoms with E-state index in [0.717, 1.165) is 25.5 Å². The minimum atomic E-state index is -1.08. The summed E-state index contributed by atoms with van der Waals surface area (Å²) in [5, 5.41) is 8.87. The van der Waals surface area contributed by atoms with Gasteiger partial charge in [-0.25, -0.2) is 4.79 Å². The Morgan fingerprint density at radius 1 is 1.29 bits per heavy atom. The largest absolute Gasteiger partial charge is 0.478 e. The molecule has 0 radical (unpaired) electrons. The second kappa shape index (κ2) is 5.92. The second-order valence-corrected chi connectivity index (χ2v) is 6.79. The number of hydrogen-bond donors (Lipinski definition) is 1. The zero-order valence-corrected chi connectivity index (χ0v) is 12.9. The topological polar surface area (TPSA) is 70.8 Å². The summed E-state index contributed by atoms with van der Waals surface area (Å²) < 4.78 is 5.10. The van der Waals surface area contributed by atoms with E-state index in [9.17, 15) is 9.59 Å². The number of rotatable bonds is 2. The van der Waals surface area contributed by atoms with Crippen molar-refractivity contribution in [1.29, 1.82) is 0 Å². The zero-order chi connectivity index (χ0) is 15.6. The number of nitrogens with zero attached hydrogens (tertiary/aromatic N) is 1. The van der Waals surface area contributed by atoms with Gasteiger partial charge in [-0.05, 0) is 30.6 Å². The maximum Gasteiger partial charge on any atom is 0.338 e. The number of carboxylic acids is 1. The molecule has 1 aliphatic heterocycles. The predicted molar refractivity (Wildman–Crippen MR) is 78.4 cm³/mol. The second-order valence-electron chi connectivity index (χ2n) is 6.79. The summed E-state index contributed by atoms with van der Waals surface area (Å²) in [5.74, 6) is -0.582. The molecule has 0 bridgehead atoms. The molecule has 1 atom stereocenters. The molecule has 5 nitrogen and oxygen atoms in total. The van der Waals surface area contributed by atoms with Crippen LogP contribution in [0.1, 0.15) is 60.9 Å². The fraction of sp³-hybridized carbons (Fsp3) is 0.625. The number of carbonyl (C=O) groups is 2. The molecular formula is C16H23NO4. The maximum atomic E-state index is 12.4. The van der Waals surface area contributed by atoms with Crippen LogP contribution in [0.4, 0.5) is 0 Å². The number of furan rings is 1. The molecule has 1 fully saturated rings. The van der Waals surface area contributed by atoms with Crippen LogP contribution < -0.4 is 0 Å². The van der Waals surface area contributed by atoms with Gasteiger partial charge in [0.25, 0.3) is 5.91 Å². The fourth-order valence-electron chi connectivity index (χ4n) is 2.88. The quantitative estimate of drug-likeness (QED) is 0.908. The number of aromatic carboxylic acids is 1. The average molecular weight is 293 g/mol. The van der Waals surface area contributed by atoms with Crippen molar-refractivity contribution in [2.45, 2.75) is 40.0 Å². The number of carbonyl (C=O) groups excluding carboxylic acids is 1. The minimum Gasteiger partial charge on any atom is -0.478 e. The lowest BCUT2D eigenvalue weighted by molar-refractivity contribution is 0.0693. The van der Waals surface area contributed by atoms with Crippen LogP contribution in [0.15, 0.2) is 16.7 Å². The van der Waals surface area contributed by atoms with Crippen molar-refractivity contribution >= 4 is 11.9 Å². The highest BCUT2D eigenvalue weighted by Gasteiger charge is 2.29. The van der Waals surface area contributed by atoms with E-state index in [0.29, 0.717) is 19.0 Å². The van der Waals surface area contributed by atoms with Crippen molar-refractivity contribution in [3.05, 3.63) is 23.7 Å². The van der Waals surface area contributed by atoms with Gasteiger partial charge in [0, 0.05) is 19.2 Å². The van der Waals surface area contributed by atoms with E-state index >= 15 is 0 Å². The van der Waals surface area contributed by atoms with Gasteiger partial charge in [0.15, 0.2) is 5.76 Å². The van der Waals surface area contributed by atoms with Gasteiger partial charge in [-0.2, -0.15) is 0 Å². The molecule has 0 aromatic carbocycles. The standard InChI is InChI=1S/C16H23NO4/c1-16(2,3)12-5-4-7-17(8-6-12)14(18)13-9-11(10-21-13)15(19)20/h9-10,12H,4-8H2,1-3H3,(H,19,20). The summed E-state index contributed by atoms with van der Waals surface area (Å²) in [6, 6.07) is 1.30. The summed E-state index contributed by atoms with van der Waals surface area (Å²) >= 11 is 0. The van der Waals surface area contributed by atoms with E-state index in [1.807, 2.05) is 0 Å². The summed E-state index contributed by atoms with van der Waals surface area (Å²) in [4.78, 5) is 25.0. The van der Waals surface area contributed by atoms with Crippen LogP contribution in [-0.4, -0.2) is 35.0 Å². The van der Waals surface area contributed by atoms with Crippen LogP contribution in [0, 0.1) is 11.3 Å². The molecule has 2 heterocycles. The normalized spacial score (nSPS) is 20.1. The minimum absolute atomic E-state index is 0.0146. The van der Waals surface area contributed by atoms with Crippen molar-refractivity contribution in [1.82, 2.24) is 4.90 Å². The van der Waals surface area contributed by atoms with Crippen molar-refractivity contribution < 1.29 is 19.1 Å². The highest BCUT2D eigenvalue weighted by molar-refractivity contribution is 5.95. The number of amides is 1. The smallest absolute Gasteiger partial charge is 0.338 e. The molecule has 116 valence electrons. The molecule has 1 unspecified atom stereocenters. The van der Waals surface area contributed by atoms with E-state index < -0.39 is 5.97 Å². The van der Waals surface area contributed by atoms with Gasteiger partial charge >= 0.3 is 5.97 Å². The molecule has 21 heavy (non-hydrogen) atoms. The Hall–Kier alpha value is -1.78. The summed E-state index contributed by atoms with van der Waals surface area (Å²) in [7, 11) is 0. The summed E-state index contributed by atoms with van der Waals surface area (Å²) in [6.07, 6.45) is 4.18. The first-order chi connectivity index (χ1) is 9.79. The lowest BCUT2D eigenvalue weighted by atomic mass is 9.77. The monoisotopic (exact) mass is 293 g/mol. The fourth-order valence-corrected chi connectivity index (χ4v) is 2.88. The molecule has 2 rings (SSSR count). The third-order valence-corrected chi connectivity index (χ3v) is 4.30. The lowest BCUT2D eigenvalue weighted by Crippen LogP contribution is -2.32. The van der Waals surface area contributed by atoms with E-state index in [4.69, 9.17) is 9.52 Å². The molecule has 0 aliphatic carbocycles. The van der Waals surface area contributed by atoms with Crippen molar-refractivity contribution in [3.63, 3.8) is 0 Å². The van der Waals surface area contributed by atoms with Gasteiger partial charge in [-0.3, -0.25) is 4.79 Å². The van der Waals surface area contributed by atoms with Crippen LogP contribution >= 0.6 is 0 Å². The van der Waals surface area contributed by atoms with Gasteiger partial charge in [0.1, 0.15) is 6.26 Å². The molecule has 1 amide bonds. The first-order valence-corrected chi connectivity index (χ1v) is 7.40. The van der Waals surface area contributed by atoms with Crippen molar-refractivity contribution in [2.24, 2.45) is 11.3 Å². The maximum absolute atomic E-state index is 12.4. The molecule has 0 spiro atoms. The Morgan fingerprint density at radius 2 is 2.00 bits per heavy atom. The van der Waals surface area contributed by atoms with Gasteiger partial charge in [-0.15, -0.1) is 0 Å². The third-order valence-electron chi connectivity index (χ3n) is 4.30. The van der Waals surface area contributed by atoms with Crippen LogP contribution in [0.5, 0.6) is 0 Å². The SMILES string of the molecule is CC(C)(C)C1CCCN(C(=O)c2cc(C(=O)O)co2)CC1. The van der Waals surface area contributed by atoms with Gasteiger partial charge in [-0.1, -0.05) is 20.8 Å². The van der Waals surface area contributed by atoms with E-state index in [2.05, 4.69) is 20.8 Å². The molecule has 5 heteroatoms.